The summed E-state index contributed by atoms with van der Waals surface area (Å²) in [6.07, 6.45) is 1.40. The van der Waals surface area contributed by atoms with Gasteiger partial charge in [0.15, 0.2) is 0 Å². The molecular weight excluding hydrogens is 162 g/mol. The molecule has 0 spiro atoms. The number of hydrogen-bond acceptors (Lipinski definition) is 3. The van der Waals surface area contributed by atoms with E-state index < -0.39 is 0 Å². The highest BCUT2D eigenvalue weighted by Gasteiger charge is 1.99. The molecule has 0 unspecified atom stereocenters. The minimum Gasteiger partial charge on any atom is -0.360 e. The quantitative estimate of drug-likeness (QED) is 0.635. The van der Waals surface area contributed by atoms with Crippen molar-refractivity contribution in [2.45, 2.75) is 6.92 Å². The van der Waals surface area contributed by atoms with Crippen LogP contribution in [-0.4, -0.2) is 23.6 Å². The molecule has 0 saturated heterocycles. The van der Waals surface area contributed by atoms with Crippen LogP contribution < -0.4 is 4.90 Å². The Labute approximate surface area is 72.4 Å². The first kappa shape index (κ1) is 6.85. The molecular formula is C7H10ClN3. The molecule has 0 N–H and O–H groups in total. The minimum atomic E-state index is 0.182. The van der Waals surface area contributed by atoms with Gasteiger partial charge in [-0.2, -0.15) is 0 Å². The number of nitrogens with zero attached hydrogens (tertiary/aromatic N) is 3. The summed E-state index contributed by atoms with van der Waals surface area (Å²) in [5, 5.41) is 0.182. The minimum absolute atomic E-state index is 0.182. The van der Waals surface area contributed by atoms with Gasteiger partial charge >= 0.3 is 0 Å². The van der Waals surface area contributed by atoms with Crippen LogP contribution in [0, 0.1) is 0 Å². The molecule has 0 saturated carbocycles. The summed E-state index contributed by atoms with van der Waals surface area (Å²) >= 11 is 5.59. The molecule has 0 aliphatic heterocycles. The maximum Gasteiger partial charge on any atom is 0.224 e. The van der Waals surface area contributed by atoms with Gasteiger partial charge in [-0.15, -0.1) is 0 Å². The van der Waals surface area contributed by atoms with Crippen LogP contribution in [0.5, 0.6) is 0 Å². The Morgan fingerprint density at radius 2 is 2.55 bits per heavy atom. The van der Waals surface area contributed by atoms with Gasteiger partial charge in [0.25, 0.3) is 0 Å². The van der Waals surface area contributed by atoms with Gasteiger partial charge in [0.1, 0.15) is 5.82 Å². The largest absolute Gasteiger partial charge is 0.360 e. The highest BCUT2D eigenvalue weighted by atomic mass is 35.5. The summed E-state index contributed by atoms with van der Waals surface area (Å²) in [5.41, 5.74) is 0. The Hall–Kier alpha value is -0.830. The van der Waals surface area contributed by atoms with E-state index in [1.807, 2.05) is 18.9 Å². The molecule has 0 aliphatic carbocycles. The van der Waals surface area contributed by atoms with Crippen molar-refractivity contribution in [1.82, 2.24) is 9.97 Å². The van der Waals surface area contributed by atoms with Crippen LogP contribution in [0.1, 0.15) is 8.29 Å². The molecule has 11 heavy (non-hydrogen) atoms. The van der Waals surface area contributed by atoms with Crippen LogP contribution >= 0.6 is 11.6 Å². The Bertz CT molecular complexity index is 279. The Morgan fingerprint density at radius 1 is 1.82 bits per heavy atom. The number of hydrogen-bond donors (Lipinski definition) is 0. The van der Waals surface area contributed by atoms with Gasteiger partial charge in [0, 0.05) is 19.8 Å². The topological polar surface area (TPSA) is 29.0 Å². The summed E-state index contributed by atoms with van der Waals surface area (Å²) < 4.78 is 7.48. The van der Waals surface area contributed by atoms with Crippen molar-refractivity contribution in [2.24, 2.45) is 0 Å². The van der Waals surface area contributed by atoms with Crippen molar-refractivity contribution >= 4 is 17.4 Å². The smallest absolute Gasteiger partial charge is 0.224 e. The SMILES string of the molecule is [2H]c1cnc(Cl)nc1N(C)CC. The number of rotatable bonds is 2. The van der Waals surface area contributed by atoms with Crippen LogP contribution in [0.4, 0.5) is 5.82 Å². The lowest BCUT2D eigenvalue weighted by molar-refractivity contribution is 0.929. The molecule has 3 nitrogen and oxygen atoms in total. The maximum absolute atomic E-state index is 7.48. The summed E-state index contributed by atoms with van der Waals surface area (Å²) in [6, 6.07) is 0.295. The van der Waals surface area contributed by atoms with Gasteiger partial charge in [-0.25, -0.2) is 9.97 Å². The predicted octanol–water partition coefficient (Wildman–Crippen LogP) is 1.59. The maximum atomic E-state index is 7.48. The number of aromatic nitrogens is 2. The predicted molar refractivity (Wildman–Crippen MR) is 46.0 cm³/mol. The fourth-order valence-electron chi connectivity index (χ4n) is 0.637. The Kier molecular flexibility index (Phi) is 2.20. The first-order valence-electron chi connectivity index (χ1n) is 3.85. The monoisotopic (exact) mass is 172 g/mol. The molecule has 0 bridgehead atoms. The van der Waals surface area contributed by atoms with Crippen molar-refractivity contribution in [1.29, 1.82) is 0 Å². The van der Waals surface area contributed by atoms with Crippen LogP contribution in [0.15, 0.2) is 12.2 Å². The highest BCUT2D eigenvalue weighted by Crippen LogP contribution is 2.09. The van der Waals surface area contributed by atoms with E-state index in [0.29, 0.717) is 11.9 Å². The van der Waals surface area contributed by atoms with Crippen molar-refractivity contribution < 1.29 is 1.37 Å². The van der Waals surface area contributed by atoms with Gasteiger partial charge < -0.3 is 4.90 Å². The lowest BCUT2D eigenvalue weighted by atomic mass is 10.5. The normalized spacial score (nSPS) is 11.0. The van der Waals surface area contributed by atoms with Crippen molar-refractivity contribution in [2.75, 3.05) is 18.5 Å². The standard InChI is InChI=1S/C7H10ClN3/c1-3-11(2)6-4-5-9-7(8)10-6/h4-5H,3H2,1-2H3/i4D. The first-order chi connectivity index (χ1) is 5.65. The summed E-state index contributed by atoms with van der Waals surface area (Å²) in [5.74, 6) is 0.567. The molecule has 1 heterocycles. The van der Waals surface area contributed by atoms with E-state index in [0.717, 1.165) is 6.54 Å². The van der Waals surface area contributed by atoms with E-state index in [4.69, 9.17) is 13.0 Å². The molecule has 4 heteroatoms. The first-order valence-corrected chi connectivity index (χ1v) is 3.73. The lowest BCUT2D eigenvalue weighted by Gasteiger charge is -2.14. The highest BCUT2D eigenvalue weighted by molar-refractivity contribution is 6.28. The fourth-order valence-corrected chi connectivity index (χ4v) is 0.766. The van der Waals surface area contributed by atoms with Crippen LogP contribution in [-0.2, 0) is 0 Å². The van der Waals surface area contributed by atoms with Gasteiger partial charge in [-0.3, -0.25) is 0 Å². The zero-order valence-corrected chi connectivity index (χ0v) is 7.26. The number of anilines is 1. The number of halogens is 1. The van der Waals surface area contributed by atoms with Crippen molar-refractivity contribution in [3.05, 3.63) is 17.5 Å². The van der Waals surface area contributed by atoms with Gasteiger partial charge in [-0.1, -0.05) is 0 Å². The van der Waals surface area contributed by atoms with Gasteiger partial charge in [0.2, 0.25) is 5.28 Å². The molecule has 60 valence electrons. The molecule has 0 atom stereocenters. The summed E-state index contributed by atoms with van der Waals surface area (Å²) in [7, 11) is 1.86. The molecule has 0 amide bonds. The molecule has 0 radical (unpaired) electrons. The van der Waals surface area contributed by atoms with Crippen molar-refractivity contribution in [3.63, 3.8) is 0 Å². The van der Waals surface area contributed by atoms with E-state index in [1.165, 1.54) is 6.20 Å². The van der Waals surface area contributed by atoms with Gasteiger partial charge in [-0.05, 0) is 24.6 Å². The van der Waals surface area contributed by atoms with E-state index in [2.05, 4.69) is 9.97 Å². The average molecular weight is 173 g/mol. The zero-order valence-electron chi connectivity index (χ0n) is 7.50. The third kappa shape index (κ3) is 2.05. The second-order valence-corrected chi connectivity index (χ2v) is 2.46. The summed E-state index contributed by atoms with van der Waals surface area (Å²) in [6.45, 7) is 2.77. The zero-order chi connectivity index (χ0) is 9.14. The lowest BCUT2D eigenvalue weighted by Crippen LogP contribution is -2.17. The molecule has 1 aromatic heterocycles. The second-order valence-electron chi connectivity index (χ2n) is 2.12. The molecule has 1 rings (SSSR count). The van der Waals surface area contributed by atoms with E-state index in [9.17, 15) is 0 Å². The molecule has 0 aromatic carbocycles. The molecule has 1 aromatic rings. The fraction of sp³-hybridized carbons (Fsp3) is 0.429. The van der Waals surface area contributed by atoms with E-state index in [-0.39, 0.29) is 5.28 Å². The van der Waals surface area contributed by atoms with Crippen LogP contribution in [0.25, 0.3) is 0 Å². The van der Waals surface area contributed by atoms with E-state index >= 15 is 0 Å². The Balaban J connectivity index is 3.04. The summed E-state index contributed by atoms with van der Waals surface area (Å²) in [4.78, 5) is 9.48. The van der Waals surface area contributed by atoms with Gasteiger partial charge in [0.05, 0.1) is 1.37 Å². The third-order valence-electron chi connectivity index (χ3n) is 1.40. The van der Waals surface area contributed by atoms with Crippen molar-refractivity contribution in [3.8, 4) is 0 Å². The average Bonchev–Trinajstić information content (AvgIpc) is 2.08. The molecule has 0 aliphatic rings. The second kappa shape index (κ2) is 3.53. The van der Waals surface area contributed by atoms with Crippen LogP contribution in [0.2, 0.25) is 5.28 Å². The third-order valence-corrected chi connectivity index (χ3v) is 1.58. The van der Waals surface area contributed by atoms with Crippen LogP contribution in [0.3, 0.4) is 0 Å². The Morgan fingerprint density at radius 3 is 3.18 bits per heavy atom. The molecule has 0 fully saturated rings. The van der Waals surface area contributed by atoms with E-state index in [1.54, 1.807) is 0 Å².